The summed E-state index contributed by atoms with van der Waals surface area (Å²) in [6, 6.07) is 9.92. The molecule has 1 atom stereocenters. The van der Waals surface area contributed by atoms with Gasteiger partial charge in [-0.3, -0.25) is 9.78 Å². The van der Waals surface area contributed by atoms with Crippen LogP contribution in [0.5, 0.6) is 0 Å². The topological polar surface area (TPSA) is 123 Å². The van der Waals surface area contributed by atoms with Gasteiger partial charge >= 0.3 is 12.1 Å². The van der Waals surface area contributed by atoms with Gasteiger partial charge in [-0.05, 0) is 48.6 Å². The summed E-state index contributed by atoms with van der Waals surface area (Å²) in [7, 11) is 0. The molecule has 2 heterocycles. The van der Waals surface area contributed by atoms with Gasteiger partial charge in [0, 0.05) is 25.1 Å². The quantitative estimate of drug-likeness (QED) is 0.549. The number of carboxylic acids is 1. The average molecular weight is 461 g/mol. The van der Waals surface area contributed by atoms with Crippen molar-refractivity contribution in [2.24, 2.45) is 5.73 Å². The number of fused-ring (bicyclic) bond motifs is 1. The van der Waals surface area contributed by atoms with Crippen molar-refractivity contribution in [3.63, 3.8) is 0 Å². The zero-order valence-corrected chi connectivity index (χ0v) is 17.6. The molecular weight excluding hydrogens is 439 g/mol. The maximum Gasteiger partial charge on any atom is 0.490 e. The molecule has 1 amide bonds. The van der Waals surface area contributed by atoms with E-state index in [1.165, 1.54) is 11.1 Å². The van der Waals surface area contributed by atoms with E-state index in [0.29, 0.717) is 12.2 Å². The predicted molar refractivity (Wildman–Crippen MR) is 113 cm³/mol. The van der Waals surface area contributed by atoms with Crippen molar-refractivity contribution in [1.29, 1.82) is 0 Å². The number of carboxylic acid groups (broad SMARTS) is 1. The minimum atomic E-state index is -5.08. The van der Waals surface area contributed by atoms with E-state index < -0.39 is 12.1 Å². The first-order valence-corrected chi connectivity index (χ1v) is 9.99. The summed E-state index contributed by atoms with van der Waals surface area (Å²) in [6.07, 6.45) is 2.03. The third kappa shape index (κ3) is 5.75. The van der Waals surface area contributed by atoms with Crippen LogP contribution in [0.4, 0.5) is 13.2 Å². The summed E-state index contributed by atoms with van der Waals surface area (Å²) in [4.78, 5) is 30.1. The lowest BCUT2D eigenvalue weighted by Crippen LogP contribution is -2.28. The van der Waals surface area contributed by atoms with E-state index in [0.717, 1.165) is 29.9 Å². The van der Waals surface area contributed by atoms with Crippen molar-refractivity contribution in [2.75, 3.05) is 0 Å². The van der Waals surface area contributed by atoms with Crippen LogP contribution in [0.2, 0.25) is 0 Å². The highest BCUT2D eigenvalue weighted by molar-refractivity contribution is 5.93. The molecule has 1 aromatic carbocycles. The Balaban J connectivity index is 0.000000383. The standard InChI is InChI=1S/C20H21N5O.C2HF3O2/c1-13-22-8-9-25(13)16-6-7-23-19(11-16)20(26)24-18-5-3-15-10-14(12-21)2-4-17(15)18;3-2(4,5)1(6)7/h2,4,6-11,18H,3,5,12,21H2,1H3,(H,24,26);(H,6,7). The Kier molecular flexibility index (Phi) is 7.12. The highest BCUT2D eigenvalue weighted by Gasteiger charge is 2.38. The number of halogens is 3. The Morgan fingerprint density at radius 2 is 1.94 bits per heavy atom. The van der Waals surface area contributed by atoms with Crippen LogP contribution >= 0.6 is 0 Å². The lowest BCUT2D eigenvalue weighted by molar-refractivity contribution is -0.192. The van der Waals surface area contributed by atoms with E-state index in [-0.39, 0.29) is 11.9 Å². The number of nitrogens with zero attached hydrogens (tertiary/aromatic N) is 3. The number of carbonyl (C=O) groups is 2. The molecule has 33 heavy (non-hydrogen) atoms. The number of aliphatic carboxylic acids is 1. The second-order valence-corrected chi connectivity index (χ2v) is 7.35. The zero-order valence-electron chi connectivity index (χ0n) is 17.6. The molecule has 2 aromatic heterocycles. The van der Waals surface area contributed by atoms with Gasteiger partial charge in [-0.15, -0.1) is 0 Å². The van der Waals surface area contributed by atoms with E-state index in [1.807, 2.05) is 29.8 Å². The van der Waals surface area contributed by atoms with Crippen LogP contribution in [-0.4, -0.2) is 37.7 Å². The number of aromatic nitrogens is 3. The minimum absolute atomic E-state index is 0.0183. The van der Waals surface area contributed by atoms with Crippen LogP contribution in [0.1, 0.15) is 45.5 Å². The van der Waals surface area contributed by atoms with Crippen LogP contribution in [0.25, 0.3) is 5.69 Å². The van der Waals surface area contributed by atoms with Crippen LogP contribution in [0.3, 0.4) is 0 Å². The summed E-state index contributed by atoms with van der Waals surface area (Å²) in [5.74, 6) is -2.05. The van der Waals surface area contributed by atoms with Crippen LogP contribution in [0, 0.1) is 6.92 Å². The summed E-state index contributed by atoms with van der Waals surface area (Å²) in [5.41, 5.74) is 10.6. The van der Waals surface area contributed by atoms with E-state index in [9.17, 15) is 18.0 Å². The number of nitrogens with two attached hydrogens (primary N) is 1. The molecule has 4 rings (SSSR count). The average Bonchev–Trinajstić information content (AvgIpc) is 3.39. The Labute approximate surface area is 187 Å². The molecule has 174 valence electrons. The van der Waals surface area contributed by atoms with E-state index in [1.54, 1.807) is 18.5 Å². The van der Waals surface area contributed by atoms with Gasteiger partial charge in [-0.2, -0.15) is 13.2 Å². The van der Waals surface area contributed by atoms with E-state index >= 15 is 0 Å². The van der Waals surface area contributed by atoms with Crippen LogP contribution < -0.4 is 11.1 Å². The fourth-order valence-electron chi connectivity index (χ4n) is 3.52. The van der Waals surface area contributed by atoms with Gasteiger partial charge in [0.2, 0.25) is 0 Å². The molecular formula is C22H22F3N5O3. The molecule has 0 saturated carbocycles. The summed E-state index contributed by atoms with van der Waals surface area (Å²) in [5, 5.41) is 10.2. The Bertz CT molecular complexity index is 1160. The van der Waals surface area contributed by atoms with Gasteiger partial charge < -0.3 is 20.7 Å². The highest BCUT2D eigenvalue weighted by atomic mass is 19.4. The normalized spacial score (nSPS) is 14.8. The number of rotatable bonds is 4. The lowest BCUT2D eigenvalue weighted by Gasteiger charge is -2.15. The molecule has 4 N–H and O–H groups in total. The lowest BCUT2D eigenvalue weighted by atomic mass is 10.0. The maximum absolute atomic E-state index is 12.7. The molecule has 0 radical (unpaired) electrons. The SMILES string of the molecule is Cc1nccn1-c1ccnc(C(=O)NC2CCc3cc(CN)ccc32)c1.O=C(O)C(F)(F)F. The summed E-state index contributed by atoms with van der Waals surface area (Å²) in [6.45, 7) is 2.46. The number of alkyl halides is 3. The first-order chi connectivity index (χ1) is 15.6. The molecule has 8 nitrogen and oxygen atoms in total. The van der Waals surface area contributed by atoms with Crippen molar-refractivity contribution in [1.82, 2.24) is 19.9 Å². The van der Waals surface area contributed by atoms with Crippen LogP contribution in [-0.2, 0) is 17.8 Å². The van der Waals surface area contributed by atoms with Gasteiger partial charge in [0.25, 0.3) is 5.91 Å². The number of aryl methyl sites for hydroxylation is 2. The number of carbonyl (C=O) groups excluding carboxylic acids is 1. The molecule has 0 fully saturated rings. The molecule has 0 aliphatic heterocycles. The molecule has 11 heteroatoms. The second-order valence-electron chi connectivity index (χ2n) is 7.35. The number of hydrogen-bond donors (Lipinski definition) is 3. The first kappa shape index (κ1) is 23.9. The van der Waals surface area contributed by atoms with Gasteiger partial charge in [0.15, 0.2) is 0 Å². The van der Waals surface area contributed by atoms with Crippen molar-refractivity contribution in [3.05, 3.63) is 77.1 Å². The maximum atomic E-state index is 12.7. The molecule has 1 unspecified atom stereocenters. The number of benzene rings is 1. The van der Waals surface area contributed by atoms with Gasteiger partial charge in [0.05, 0.1) is 11.7 Å². The van der Waals surface area contributed by atoms with Gasteiger partial charge in [-0.1, -0.05) is 18.2 Å². The smallest absolute Gasteiger partial charge is 0.475 e. The molecule has 1 aliphatic carbocycles. The number of hydrogen-bond acceptors (Lipinski definition) is 5. The van der Waals surface area contributed by atoms with Gasteiger partial charge in [0.1, 0.15) is 11.5 Å². The Hall–Kier alpha value is -3.73. The fourth-order valence-corrected chi connectivity index (χ4v) is 3.52. The number of amides is 1. The minimum Gasteiger partial charge on any atom is -0.475 e. The first-order valence-electron chi connectivity index (χ1n) is 9.99. The summed E-state index contributed by atoms with van der Waals surface area (Å²) < 4.78 is 33.7. The second kappa shape index (κ2) is 9.82. The largest absolute Gasteiger partial charge is 0.490 e. The number of pyridine rings is 1. The third-order valence-electron chi connectivity index (χ3n) is 5.15. The third-order valence-corrected chi connectivity index (χ3v) is 5.15. The fraction of sp³-hybridized carbons (Fsp3) is 0.273. The predicted octanol–water partition coefficient (Wildman–Crippen LogP) is 3.09. The van der Waals surface area contributed by atoms with Crippen molar-refractivity contribution in [2.45, 2.75) is 38.5 Å². The molecule has 1 aliphatic rings. The van der Waals surface area contributed by atoms with E-state index in [4.69, 9.17) is 15.6 Å². The van der Waals surface area contributed by atoms with Crippen molar-refractivity contribution >= 4 is 11.9 Å². The highest BCUT2D eigenvalue weighted by Crippen LogP contribution is 2.32. The molecule has 0 saturated heterocycles. The Morgan fingerprint density at radius 1 is 1.21 bits per heavy atom. The van der Waals surface area contributed by atoms with Gasteiger partial charge in [-0.25, -0.2) is 9.78 Å². The van der Waals surface area contributed by atoms with Crippen molar-refractivity contribution in [3.8, 4) is 5.69 Å². The van der Waals surface area contributed by atoms with Crippen molar-refractivity contribution < 1.29 is 27.9 Å². The molecule has 0 bridgehead atoms. The summed E-state index contributed by atoms with van der Waals surface area (Å²) >= 11 is 0. The number of nitrogens with one attached hydrogen (secondary N) is 1. The molecule has 0 spiro atoms. The number of imidazole rings is 1. The molecule has 3 aromatic rings. The zero-order chi connectivity index (χ0) is 24.2. The monoisotopic (exact) mass is 461 g/mol. The van der Waals surface area contributed by atoms with E-state index in [2.05, 4.69) is 27.4 Å². The van der Waals surface area contributed by atoms with Crippen LogP contribution in [0.15, 0.2) is 48.9 Å². The Morgan fingerprint density at radius 3 is 2.55 bits per heavy atom.